The van der Waals surface area contributed by atoms with Gasteiger partial charge in [-0.3, -0.25) is 9.52 Å². The summed E-state index contributed by atoms with van der Waals surface area (Å²) in [6.07, 6.45) is 0. The molecule has 10 heteroatoms. The zero-order valence-corrected chi connectivity index (χ0v) is 19.3. The lowest BCUT2D eigenvalue weighted by molar-refractivity contribution is 0.0995. The number of rotatable bonds is 6. The molecule has 0 bridgehead atoms. The van der Waals surface area contributed by atoms with E-state index in [1.165, 1.54) is 43.5 Å². The van der Waals surface area contributed by atoms with E-state index in [0.29, 0.717) is 16.5 Å². The SMILES string of the molecule is COc1ccc(S(=O)(=O)Nc2cc(N=NC(=O)c3ccccc3Cl)c(O)c3ccccc23)cc1. The number of hydrogen-bond acceptors (Lipinski definition) is 6. The average Bonchev–Trinajstić information content (AvgIpc) is 2.85. The van der Waals surface area contributed by atoms with Gasteiger partial charge in [0.05, 0.1) is 28.3 Å². The Kier molecular flexibility index (Phi) is 6.49. The zero-order chi connectivity index (χ0) is 24.3. The third kappa shape index (κ3) is 4.70. The molecule has 0 fully saturated rings. The van der Waals surface area contributed by atoms with E-state index in [-0.39, 0.29) is 32.6 Å². The highest BCUT2D eigenvalue weighted by atomic mass is 35.5. The fraction of sp³-hybridized carbons (Fsp3) is 0.0417. The van der Waals surface area contributed by atoms with Crippen LogP contribution in [0, 0.1) is 0 Å². The van der Waals surface area contributed by atoms with E-state index in [4.69, 9.17) is 16.3 Å². The first-order valence-electron chi connectivity index (χ1n) is 9.92. The first-order valence-corrected chi connectivity index (χ1v) is 11.8. The Hall–Kier alpha value is -3.95. The van der Waals surface area contributed by atoms with Crippen LogP contribution < -0.4 is 9.46 Å². The van der Waals surface area contributed by atoms with Crippen molar-refractivity contribution < 1.29 is 23.1 Å². The van der Waals surface area contributed by atoms with Crippen molar-refractivity contribution >= 4 is 49.7 Å². The number of sulfonamides is 1. The van der Waals surface area contributed by atoms with E-state index < -0.39 is 15.9 Å². The van der Waals surface area contributed by atoms with Gasteiger partial charge in [-0.2, -0.15) is 0 Å². The fourth-order valence-corrected chi connectivity index (χ4v) is 4.54. The number of phenols is 1. The molecule has 0 aromatic heterocycles. The van der Waals surface area contributed by atoms with Gasteiger partial charge in [0.2, 0.25) is 0 Å². The molecule has 34 heavy (non-hydrogen) atoms. The number of phenolic OH excluding ortho intramolecular Hbond substituents is 1. The summed E-state index contributed by atoms with van der Waals surface area (Å²) in [6, 6.07) is 20.2. The summed E-state index contributed by atoms with van der Waals surface area (Å²) >= 11 is 6.03. The van der Waals surface area contributed by atoms with Crippen molar-refractivity contribution in [1.82, 2.24) is 0 Å². The molecule has 0 aliphatic rings. The van der Waals surface area contributed by atoms with Gasteiger partial charge in [0, 0.05) is 10.8 Å². The summed E-state index contributed by atoms with van der Waals surface area (Å²) in [4.78, 5) is 12.4. The van der Waals surface area contributed by atoms with Crippen LogP contribution in [0.2, 0.25) is 5.02 Å². The number of methoxy groups -OCH3 is 1. The van der Waals surface area contributed by atoms with Crippen molar-refractivity contribution in [1.29, 1.82) is 0 Å². The molecule has 172 valence electrons. The van der Waals surface area contributed by atoms with Crippen molar-refractivity contribution in [2.45, 2.75) is 4.90 Å². The minimum absolute atomic E-state index is 0.0162. The van der Waals surface area contributed by atoms with E-state index in [1.54, 1.807) is 42.5 Å². The second-order valence-corrected chi connectivity index (χ2v) is 9.19. The predicted molar refractivity (Wildman–Crippen MR) is 130 cm³/mol. The van der Waals surface area contributed by atoms with E-state index in [2.05, 4.69) is 15.0 Å². The number of nitrogens with zero attached hydrogens (tertiary/aromatic N) is 2. The van der Waals surface area contributed by atoms with Crippen molar-refractivity contribution in [3.63, 3.8) is 0 Å². The smallest absolute Gasteiger partial charge is 0.296 e. The highest BCUT2D eigenvalue weighted by Crippen LogP contribution is 2.40. The maximum absolute atomic E-state index is 13.0. The maximum Gasteiger partial charge on any atom is 0.296 e. The van der Waals surface area contributed by atoms with E-state index in [0.717, 1.165) is 0 Å². The largest absolute Gasteiger partial charge is 0.505 e. The van der Waals surface area contributed by atoms with Gasteiger partial charge in [0.1, 0.15) is 11.4 Å². The van der Waals surface area contributed by atoms with Crippen LogP contribution in [0.1, 0.15) is 10.4 Å². The van der Waals surface area contributed by atoms with Crippen molar-refractivity contribution in [3.05, 3.63) is 89.4 Å². The molecule has 1 amide bonds. The Labute approximate surface area is 200 Å². The van der Waals surface area contributed by atoms with Crippen LogP contribution in [0.25, 0.3) is 10.8 Å². The lowest BCUT2D eigenvalue weighted by Crippen LogP contribution is -2.13. The normalized spacial score (nSPS) is 11.6. The first-order chi connectivity index (χ1) is 16.3. The Balaban J connectivity index is 1.75. The molecular formula is C24H18ClN3O5S. The zero-order valence-electron chi connectivity index (χ0n) is 17.8. The topological polar surface area (TPSA) is 117 Å². The molecule has 4 rings (SSSR count). The summed E-state index contributed by atoms with van der Waals surface area (Å²) in [7, 11) is -2.50. The molecule has 0 heterocycles. The summed E-state index contributed by atoms with van der Waals surface area (Å²) < 4.78 is 33.6. The molecule has 2 N–H and O–H groups in total. The van der Waals surface area contributed by atoms with Gasteiger partial charge in [-0.05, 0) is 42.5 Å². The van der Waals surface area contributed by atoms with Gasteiger partial charge in [0.25, 0.3) is 15.9 Å². The number of fused-ring (bicyclic) bond motifs is 1. The van der Waals surface area contributed by atoms with Crippen LogP contribution in [-0.4, -0.2) is 26.5 Å². The number of benzene rings is 4. The highest BCUT2D eigenvalue weighted by molar-refractivity contribution is 7.92. The molecule has 0 radical (unpaired) electrons. The van der Waals surface area contributed by atoms with Crippen LogP contribution in [0.3, 0.4) is 0 Å². The molecule has 0 unspecified atom stereocenters. The summed E-state index contributed by atoms with van der Waals surface area (Å²) in [5.41, 5.74) is 0.212. The number of anilines is 1. The minimum atomic E-state index is -3.98. The molecule has 0 saturated carbocycles. The second-order valence-electron chi connectivity index (χ2n) is 7.10. The molecule has 4 aromatic carbocycles. The van der Waals surface area contributed by atoms with Crippen molar-refractivity contribution in [2.75, 3.05) is 11.8 Å². The van der Waals surface area contributed by atoms with Crippen LogP contribution in [0.4, 0.5) is 11.4 Å². The Morgan fingerprint density at radius 2 is 1.62 bits per heavy atom. The lowest BCUT2D eigenvalue weighted by Gasteiger charge is -2.13. The van der Waals surface area contributed by atoms with Gasteiger partial charge < -0.3 is 9.84 Å². The number of hydrogen-bond donors (Lipinski definition) is 2. The monoisotopic (exact) mass is 495 g/mol. The van der Waals surface area contributed by atoms with Crippen molar-refractivity contribution in [2.24, 2.45) is 10.2 Å². The summed E-state index contributed by atoms with van der Waals surface area (Å²) in [5.74, 6) is -0.447. The predicted octanol–water partition coefficient (Wildman–Crippen LogP) is 5.93. The number of aromatic hydroxyl groups is 1. The third-order valence-corrected chi connectivity index (χ3v) is 6.67. The van der Waals surface area contributed by atoms with Crippen LogP contribution in [0.15, 0.2) is 94.0 Å². The van der Waals surface area contributed by atoms with Gasteiger partial charge in [-0.1, -0.05) is 48.0 Å². The molecule has 0 aliphatic carbocycles. The van der Waals surface area contributed by atoms with E-state index in [9.17, 15) is 18.3 Å². The third-order valence-electron chi connectivity index (χ3n) is 4.96. The number of azo groups is 1. The van der Waals surface area contributed by atoms with Gasteiger partial charge in [0.15, 0.2) is 5.75 Å². The van der Waals surface area contributed by atoms with Crippen LogP contribution >= 0.6 is 11.6 Å². The van der Waals surface area contributed by atoms with Crippen LogP contribution in [0.5, 0.6) is 11.5 Å². The summed E-state index contributed by atoms with van der Waals surface area (Å²) in [6.45, 7) is 0. The van der Waals surface area contributed by atoms with Gasteiger partial charge in [-0.15, -0.1) is 10.2 Å². The Bertz CT molecular complexity index is 1520. The standard InChI is InChI=1S/C24H18ClN3O5S/c1-33-15-10-12-16(13-11-15)34(31,32)28-21-14-22(23(29)18-7-3-2-6-17(18)21)26-27-24(30)19-8-4-5-9-20(19)25/h2-14,28-29H,1H3. The molecular weight excluding hydrogens is 478 g/mol. The number of carbonyl (C=O) groups is 1. The Morgan fingerprint density at radius 1 is 0.971 bits per heavy atom. The van der Waals surface area contributed by atoms with Gasteiger partial charge >= 0.3 is 0 Å². The number of nitrogens with one attached hydrogen (secondary N) is 1. The first kappa shape index (κ1) is 23.2. The van der Waals surface area contributed by atoms with Gasteiger partial charge in [-0.25, -0.2) is 8.42 Å². The molecule has 0 spiro atoms. The van der Waals surface area contributed by atoms with Crippen molar-refractivity contribution in [3.8, 4) is 11.5 Å². The summed E-state index contributed by atoms with van der Waals surface area (Å²) in [5, 5.41) is 19.2. The lowest BCUT2D eigenvalue weighted by atomic mass is 10.1. The van der Waals surface area contributed by atoms with Crippen LogP contribution in [-0.2, 0) is 10.0 Å². The molecule has 0 saturated heterocycles. The Morgan fingerprint density at radius 3 is 2.29 bits per heavy atom. The number of halogens is 1. The van der Waals surface area contributed by atoms with E-state index in [1.807, 2.05) is 0 Å². The van der Waals surface area contributed by atoms with E-state index >= 15 is 0 Å². The maximum atomic E-state index is 13.0. The quantitative estimate of drug-likeness (QED) is 0.254. The minimum Gasteiger partial charge on any atom is -0.505 e. The second kappa shape index (κ2) is 9.50. The molecule has 8 nitrogen and oxygen atoms in total. The molecule has 4 aromatic rings. The fourth-order valence-electron chi connectivity index (χ4n) is 3.25. The number of amides is 1. The molecule has 0 atom stereocenters. The number of ether oxygens (including phenoxy) is 1. The molecule has 0 aliphatic heterocycles. The number of carbonyl (C=O) groups excluding carboxylic acids is 1. The highest BCUT2D eigenvalue weighted by Gasteiger charge is 2.19. The average molecular weight is 496 g/mol.